The fraction of sp³-hybridized carbons (Fsp3) is 0.190. The minimum atomic E-state index is -0.391. The van der Waals surface area contributed by atoms with Gasteiger partial charge in [-0.15, -0.1) is 11.3 Å². The second-order valence-electron chi connectivity index (χ2n) is 6.78. The van der Waals surface area contributed by atoms with Gasteiger partial charge in [0.05, 0.1) is 11.6 Å². The summed E-state index contributed by atoms with van der Waals surface area (Å²) in [5.74, 6) is 1.29. The first-order valence-corrected chi connectivity index (χ1v) is 9.91. The van der Waals surface area contributed by atoms with Crippen LogP contribution in [0.3, 0.4) is 0 Å². The average Bonchev–Trinajstić information content (AvgIpc) is 3.10. The van der Waals surface area contributed by atoms with E-state index in [2.05, 4.69) is 32.2 Å². The summed E-state index contributed by atoms with van der Waals surface area (Å²) in [6.45, 7) is 3.61. The Hall–Kier alpha value is -3.06. The molecule has 0 unspecified atom stereocenters. The maximum absolute atomic E-state index is 13.9. The van der Waals surface area contributed by atoms with E-state index < -0.39 is 5.82 Å². The maximum Gasteiger partial charge on any atom is 0.165 e. The molecule has 0 aliphatic carbocycles. The molecule has 0 saturated heterocycles. The first-order chi connectivity index (χ1) is 13.7. The monoisotopic (exact) mass is 392 g/mol. The van der Waals surface area contributed by atoms with Crippen LogP contribution in [0.2, 0.25) is 0 Å². The second-order valence-corrected chi connectivity index (χ2v) is 7.64. The lowest BCUT2D eigenvalue weighted by atomic mass is 10.0. The predicted molar refractivity (Wildman–Crippen MR) is 108 cm³/mol. The van der Waals surface area contributed by atoms with Gasteiger partial charge in [0.15, 0.2) is 11.6 Å². The van der Waals surface area contributed by atoms with Gasteiger partial charge in [0, 0.05) is 25.2 Å². The summed E-state index contributed by atoms with van der Waals surface area (Å²) >= 11 is 1.64. The van der Waals surface area contributed by atoms with Gasteiger partial charge in [-0.25, -0.2) is 14.4 Å². The summed E-state index contributed by atoms with van der Waals surface area (Å²) < 4.78 is 19.6. The molecular formula is C21H17FN4OS. The van der Waals surface area contributed by atoms with Crippen LogP contribution in [0.5, 0.6) is 11.5 Å². The second kappa shape index (κ2) is 6.83. The molecule has 28 heavy (non-hydrogen) atoms. The number of fused-ring (bicyclic) bond motifs is 2. The molecule has 0 atom stereocenters. The van der Waals surface area contributed by atoms with Crippen molar-refractivity contribution in [2.45, 2.75) is 19.9 Å². The zero-order valence-electron chi connectivity index (χ0n) is 15.2. The number of anilines is 1. The minimum Gasteiger partial charge on any atom is -0.453 e. The van der Waals surface area contributed by atoms with Crippen LogP contribution in [0.25, 0.3) is 10.2 Å². The molecule has 1 aliphatic heterocycles. The van der Waals surface area contributed by atoms with Crippen molar-refractivity contribution < 1.29 is 9.13 Å². The molecule has 7 heteroatoms. The van der Waals surface area contributed by atoms with Crippen molar-refractivity contribution in [3.8, 4) is 11.5 Å². The fourth-order valence-electron chi connectivity index (χ4n) is 3.53. The van der Waals surface area contributed by atoms with Crippen LogP contribution in [0.4, 0.5) is 10.2 Å². The van der Waals surface area contributed by atoms with Gasteiger partial charge in [-0.05, 0) is 41.6 Å². The molecule has 0 amide bonds. The van der Waals surface area contributed by atoms with Crippen LogP contribution >= 0.6 is 11.3 Å². The normalized spacial score (nSPS) is 13.6. The Morgan fingerprint density at radius 1 is 1.18 bits per heavy atom. The molecule has 0 N–H and O–H groups in total. The molecule has 4 heterocycles. The average molecular weight is 392 g/mol. The zero-order chi connectivity index (χ0) is 19.1. The Labute approximate surface area is 165 Å². The van der Waals surface area contributed by atoms with Gasteiger partial charge in [0.1, 0.15) is 22.7 Å². The van der Waals surface area contributed by atoms with Crippen LogP contribution in [0, 0.1) is 12.7 Å². The highest BCUT2D eigenvalue weighted by molar-refractivity contribution is 7.17. The largest absolute Gasteiger partial charge is 0.453 e. The van der Waals surface area contributed by atoms with E-state index in [0.717, 1.165) is 40.3 Å². The molecule has 1 aromatic carbocycles. The topological polar surface area (TPSA) is 51.1 Å². The van der Waals surface area contributed by atoms with Gasteiger partial charge in [-0.2, -0.15) is 0 Å². The van der Waals surface area contributed by atoms with E-state index in [4.69, 9.17) is 4.74 Å². The Morgan fingerprint density at radius 2 is 2.07 bits per heavy atom. The van der Waals surface area contributed by atoms with Crippen LogP contribution in [-0.2, 0) is 13.0 Å². The summed E-state index contributed by atoms with van der Waals surface area (Å²) in [7, 11) is 0. The highest BCUT2D eigenvalue weighted by atomic mass is 32.1. The first kappa shape index (κ1) is 17.1. The third kappa shape index (κ3) is 2.97. The number of hydrogen-bond acceptors (Lipinski definition) is 6. The van der Waals surface area contributed by atoms with Gasteiger partial charge in [0.2, 0.25) is 0 Å². The number of benzene rings is 1. The highest BCUT2D eigenvalue weighted by Gasteiger charge is 2.22. The maximum atomic E-state index is 13.9. The number of nitrogens with zero attached hydrogens (tertiary/aromatic N) is 4. The molecular weight excluding hydrogens is 375 g/mol. The summed E-state index contributed by atoms with van der Waals surface area (Å²) in [5, 5.41) is 3.23. The van der Waals surface area contributed by atoms with E-state index in [-0.39, 0.29) is 5.75 Å². The molecule has 0 spiro atoms. The molecule has 140 valence electrons. The summed E-state index contributed by atoms with van der Waals surface area (Å²) in [5.41, 5.74) is 3.31. The summed E-state index contributed by atoms with van der Waals surface area (Å²) in [6.07, 6.45) is 4.11. The van der Waals surface area contributed by atoms with E-state index >= 15 is 0 Å². The number of pyridine rings is 1. The van der Waals surface area contributed by atoms with Gasteiger partial charge in [0.25, 0.3) is 0 Å². The SMILES string of the molecule is Cc1csc2ncnc(N3CCc4ncc(Oc5ccccc5F)cc4C3)c12. The predicted octanol–water partition coefficient (Wildman–Crippen LogP) is 4.89. The van der Waals surface area contributed by atoms with Crippen molar-refractivity contribution >= 4 is 27.4 Å². The third-order valence-electron chi connectivity index (χ3n) is 4.91. The van der Waals surface area contributed by atoms with Crippen molar-refractivity contribution in [3.63, 3.8) is 0 Å². The number of ether oxygens (including phenoxy) is 1. The van der Waals surface area contributed by atoms with E-state index in [1.165, 1.54) is 11.6 Å². The first-order valence-electron chi connectivity index (χ1n) is 9.03. The van der Waals surface area contributed by atoms with Gasteiger partial charge in [-0.3, -0.25) is 4.98 Å². The van der Waals surface area contributed by atoms with Crippen molar-refractivity contribution in [1.29, 1.82) is 0 Å². The number of rotatable bonds is 3. The molecule has 5 nitrogen and oxygen atoms in total. The third-order valence-corrected chi connectivity index (χ3v) is 5.92. The molecule has 1 aliphatic rings. The molecule has 0 fully saturated rings. The number of aromatic nitrogens is 3. The lowest BCUT2D eigenvalue weighted by Gasteiger charge is -2.29. The van der Waals surface area contributed by atoms with Crippen LogP contribution in [0.15, 0.2) is 48.2 Å². The smallest absolute Gasteiger partial charge is 0.165 e. The van der Waals surface area contributed by atoms with Crippen LogP contribution < -0.4 is 9.64 Å². The van der Waals surface area contributed by atoms with Gasteiger partial charge >= 0.3 is 0 Å². The summed E-state index contributed by atoms with van der Waals surface area (Å²) in [4.78, 5) is 16.7. The number of aryl methyl sites for hydroxylation is 1. The van der Waals surface area contributed by atoms with Gasteiger partial charge in [-0.1, -0.05) is 12.1 Å². The Bertz CT molecular complexity index is 1180. The van der Waals surface area contributed by atoms with Crippen molar-refractivity contribution in [2.75, 3.05) is 11.4 Å². The van der Waals surface area contributed by atoms with Crippen molar-refractivity contribution in [2.24, 2.45) is 0 Å². The van der Waals surface area contributed by atoms with E-state index in [0.29, 0.717) is 12.3 Å². The van der Waals surface area contributed by atoms with Gasteiger partial charge < -0.3 is 9.64 Å². The number of para-hydroxylation sites is 1. The van der Waals surface area contributed by atoms with Crippen molar-refractivity contribution in [3.05, 3.63) is 70.9 Å². The number of hydrogen-bond donors (Lipinski definition) is 0. The lowest BCUT2D eigenvalue weighted by Crippen LogP contribution is -2.31. The fourth-order valence-corrected chi connectivity index (χ4v) is 4.42. The quantitative estimate of drug-likeness (QED) is 0.497. The molecule has 0 bridgehead atoms. The van der Waals surface area contributed by atoms with E-state index in [1.807, 2.05) is 6.07 Å². The standard InChI is InChI=1S/C21H17FN4OS/c1-13-11-28-21-19(13)20(24-12-25-21)26-7-6-17-14(10-26)8-15(9-23-17)27-18-5-3-2-4-16(18)22/h2-5,8-9,11-12H,6-7,10H2,1H3. The number of thiophene rings is 1. The van der Waals surface area contributed by atoms with Crippen LogP contribution in [-0.4, -0.2) is 21.5 Å². The Morgan fingerprint density at radius 3 is 2.96 bits per heavy atom. The molecule has 0 saturated carbocycles. The summed E-state index contributed by atoms with van der Waals surface area (Å²) in [6, 6.07) is 8.32. The molecule has 4 aromatic rings. The zero-order valence-corrected chi connectivity index (χ0v) is 16.0. The minimum absolute atomic E-state index is 0.198. The van der Waals surface area contributed by atoms with E-state index in [9.17, 15) is 4.39 Å². The Kier molecular flexibility index (Phi) is 4.16. The number of halogens is 1. The Balaban J connectivity index is 1.46. The molecule has 5 rings (SSSR count). The highest BCUT2D eigenvalue weighted by Crippen LogP contribution is 2.34. The molecule has 0 radical (unpaired) electrons. The lowest BCUT2D eigenvalue weighted by molar-refractivity contribution is 0.439. The van der Waals surface area contributed by atoms with Crippen LogP contribution in [0.1, 0.15) is 16.8 Å². The van der Waals surface area contributed by atoms with E-state index in [1.54, 1.807) is 42.1 Å². The van der Waals surface area contributed by atoms with Crippen molar-refractivity contribution in [1.82, 2.24) is 15.0 Å². The molecule has 3 aromatic heterocycles.